The van der Waals surface area contributed by atoms with Crippen LogP contribution < -0.4 is 10.2 Å². The molecule has 1 aliphatic heterocycles. The zero-order valence-corrected chi connectivity index (χ0v) is 15.0. The smallest absolute Gasteiger partial charge is 0.256 e. The number of nitrogens with zero attached hydrogens (tertiary/aromatic N) is 1. The highest BCUT2D eigenvalue weighted by Gasteiger charge is 2.59. The van der Waals surface area contributed by atoms with Gasteiger partial charge < -0.3 is 5.32 Å². The number of anilines is 2. The Labute approximate surface area is 164 Å². The van der Waals surface area contributed by atoms with Gasteiger partial charge in [0.25, 0.3) is 5.91 Å². The van der Waals surface area contributed by atoms with E-state index in [1.54, 1.807) is 6.07 Å². The van der Waals surface area contributed by atoms with Crippen LogP contribution in [0.25, 0.3) is 0 Å². The van der Waals surface area contributed by atoms with Gasteiger partial charge >= 0.3 is 0 Å². The van der Waals surface area contributed by atoms with Crippen molar-refractivity contribution >= 4 is 23.2 Å². The standard InChI is InChI=1S/C22H15F3N2O2/c23-15-11-9-14(10-12-15)22(21(29)26-18-7-3-1-5-16(18)24)13-20(28)27(22)19-8-4-2-6-17(19)25/h1-12H,13H2,(H,26,29). The van der Waals surface area contributed by atoms with Crippen molar-refractivity contribution in [2.45, 2.75) is 12.0 Å². The minimum absolute atomic E-state index is 0.0770. The molecule has 1 aliphatic rings. The lowest BCUT2D eigenvalue weighted by molar-refractivity contribution is -0.137. The summed E-state index contributed by atoms with van der Waals surface area (Å²) in [7, 11) is 0. The van der Waals surface area contributed by atoms with Gasteiger partial charge in [-0.2, -0.15) is 0 Å². The summed E-state index contributed by atoms with van der Waals surface area (Å²) in [5.41, 5.74) is -1.52. The molecule has 0 radical (unpaired) electrons. The Bertz CT molecular complexity index is 1100. The Hall–Kier alpha value is -3.61. The van der Waals surface area contributed by atoms with Crippen LogP contribution in [-0.2, 0) is 15.1 Å². The molecule has 1 saturated heterocycles. The Balaban J connectivity index is 1.83. The Morgan fingerprint density at radius 1 is 0.862 bits per heavy atom. The summed E-state index contributed by atoms with van der Waals surface area (Å²) in [6.07, 6.45) is -0.271. The second-order valence-corrected chi connectivity index (χ2v) is 6.66. The van der Waals surface area contributed by atoms with Crippen LogP contribution in [-0.4, -0.2) is 11.8 Å². The third-order valence-corrected chi connectivity index (χ3v) is 4.95. The van der Waals surface area contributed by atoms with E-state index in [9.17, 15) is 22.8 Å². The molecule has 4 rings (SSSR count). The highest BCUT2D eigenvalue weighted by Crippen LogP contribution is 2.46. The molecule has 7 heteroatoms. The SMILES string of the molecule is O=C1CC(C(=O)Nc2ccccc2F)(c2ccc(F)cc2)N1c1ccccc1F. The quantitative estimate of drug-likeness (QED) is 0.666. The third-order valence-electron chi connectivity index (χ3n) is 4.95. The second kappa shape index (κ2) is 7.09. The Kier molecular flexibility index (Phi) is 4.58. The molecule has 1 fully saturated rings. The molecule has 1 atom stereocenters. The summed E-state index contributed by atoms with van der Waals surface area (Å²) in [5, 5.41) is 2.48. The van der Waals surface area contributed by atoms with E-state index in [-0.39, 0.29) is 23.4 Å². The summed E-state index contributed by atoms with van der Waals surface area (Å²) in [5.74, 6) is -3.08. The predicted molar refractivity (Wildman–Crippen MR) is 102 cm³/mol. The van der Waals surface area contributed by atoms with Crippen molar-refractivity contribution < 1.29 is 22.8 Å². The normalized spacial score (nSPS) is 18.3. The lowest BCUT2D eigenvalue weighted by Gasteiger charge is -2.50. The predicted octanol–water partition coefficient (Wildman–Crippen LogP) is 4.37. The van der Waals surface area contributed by atoms with Crippen LogP contribution in [0.3, 0.4) is 0 Å². The average Bonchev–Trinajstić information content (AvgIpc) is 2.70. The summed E-state index contributed by atoms with van der Waals surface area (Å²) in [6.45, 7) is 0. The summed E-state index contributed by atoms with van der Waals surface area (Å²) >= 11 is 0. The maximum absolute atomic E-state index is 14.5. The molecule has 0 spiro atoms. The zero-order valence-electron chi connectivity index (χ0n) is 15.0. The third kappa shape index (κ3) is 3.04. The number of carbonyl (C=O) groups is 2. The van der Waals surface area contributed by atoms with E-state index in [0.29, 0.717) is 0 Å². The first-order valence-corrected chi connectivity index (χ1v) is 8.83. The lowest BCUT2D eigenvalue weighted by Crippen LogP contribution is -2.67. The molecule has 1 unspecified atom stereocenters. The van der Waals surface area contributed by atoms with Crippen LogP contribution >= 0.6 is 0 Å². The minimum Gasteiger partial charge on any atom is -0.321 e. The lowest BCUT2D eigenvalue weighted by atomic mass is 9.76. The van der Waals surface area contributed by atoms with Gasteiger partial charge in [-0.1, -0.05) is 36.4 Å². The largest absolute Gasteiger partial charge is 0.321 e. The zero-order chi connectivity index (χ0) is 20.6. The van der Waals surface area contributed by atoms with Crippen molar-refractivity contribution in [1.82, 2.24) is 0 Å². The Morgan fingerprint density at radius 3 is 2.10 bits per heavy atom. The van der Waals surface area contributed by atoms with E-state index < -0.39 is 34.8 Å². The van der Waals surface area contributed by atoms with Crippen LogP contribution in [0.4, 0.5) is 24.5 Å². The molecule has 1 heterocycles. The van der Waals surface area contributed by atoms with E-state index in [2.05, 4.69) is 5.32 Å². The number of amides is 2. The monoisotopic (exact) mass is 396 g/mol. The number of hydrogen-bond donors (Lipinski definition) is 1. The molecular weight excluding hydrogens is 381 g/mol. The molecule has 3 aromatic carbocycles. The molecule has 0 aliphatic carbocycles. The molecule has 0 bridgehead atoms. The summed E-state index contributed by atoms with van der Waals surface area (Å²) in [6, 6.07) is 16.1. The first kappa shape index (κ1) is 18.7. The number of β-lactam (4-membered cyclic amide) rings is 1. The average molecular weight is 396 g/mol. The molecule has 29 heavy (non-hydrogen) atoms. The van der Waals surface area contributed by atoms with Crippen LogP contribution in [0.15, 0.2) is 72.8 Å². The van der Waals surface area contributed by atoms with Crippen LogP contribution in [0.2, 0.25) is 0 Å². The number of carbonyl (C=O) groups excluding carboxylic acids is 2. The molecular formula is C22H15F3N2O2. The van der Waals surface area contributed by atoms with Crippen LogP contribution in [0, 0.1) is 17.5 Å². The van der Waals surface area contributed by atoms with Gasteiger partial charge in [-0.3, -0.25) is 14.5 Å². The Morgan fingerprint density at radius 2 is 1.48 bits per heavy atom. The van der Waals surface area contributed by atoms with E-state index in [4.69, 9.17) is 0 Å². The van der Waals surface area contributed by atoms with E-state index >= 15 is 0 Å². The van der Waals surface area contributed by atoms with Crippen molar-refractivity contribution in [2.75, 3.05) is 10.2 Å². The van der Waals surface area contributed by atoms with E-state index in [0.717, 1.165) is 17.0 Å². The van der Waals surface area contributed by atoms with Crippen molar-refractivity contribution in [1.29, 1.82) is 0 Å². The van der Waals surface area contributed by atoms with Crippen molar-refractivity contribution in [3.8, 4) is 0 Å². The van der Waals surface area contributed by atoms with Crippen molar-refractivity contribution in [3.05, 3.63) is 95.8 Å². The van der Waals surface area contributed by atoms with Gasteiger partial charge in [-0.05, 0) is 42.0 Å². The molecule has 2 amide bonds. The highest BCUT2D eigenvalue weighted by atomic mass is 19.1. The number of para-hydroxylation sites is 2. The fourth-order valence-electron chi connectivity index (χ4n) is 3.53. The van der Waals surface area contributed by atoms with Crippen molar-refractivity contribution in [3.63, 3.8) is 0 Å². The first-order valence-electron chi connectivity index (χ1n) is 8.83. The molecule has 0 aromatic heterocycles. The second-order valence-electron chi connectivity index (χ2n) is 6.66. The first-order chi connectivity index (χ1) is 13.9. The van der Waals surface area contributed by atoms with E-state index in [1.807, 2.05) is 0 Å². The van der Waals surface area contributed by atoms with Gasteiger partial charge in [-0.25, -0.2) is 13.2 Å². The molecule has 3 aromatic rings. The fraction of sp³-hybridized carbons (Fsp3) is 0.0909. The molecule has 1 N–H and O–H groups in total. The highest BCUT2D eigenvalue weighted by molar-refractivity contribution is 6.17. The van der Waals surface area contributed by atoms with Crippen LogP contribution in [0.1, 0.15) is 12.0 Å². The summed E-state index contributed by atoms with van der Waals surface area (Å²) in [4.78, 5) is 26.8. The van der Waals surface area contributed by atoms with Gasteiger partial charge in [0, 0.05) is 0 Å². The number of rotatable bonds is 4. The minimum atomic E-state index is -1.64. The van der Waals surface area contributed by atoms with Gasteiger partial charge in [0.1, 0.15) is 17.5 Å². The molecule has 4 nitrogen and oxygen atoms in total. The van der Waals surface area contributed by atoms with Crippen LogP contribution in [0.5, 0.6) is 0 Å². The fourth-order valence-corrected chi connectivity index (χ4v) is 3.53. The maximum Gasteiger partial charge on any atom is 0.256 e. The van der Waals surface area contributed by atoms with Gasteiger partial charge in [-0.15, -0.1) is 0 Å². The molecule has 146 valence electrons. The van der Waals surface area contributed by atoms with Crippen molar-refractivity contribution in [2.24, 2.45) is 0 Å². The topological polar surface area (TPSA) is 49.4 Å². The summed E-state index contributed by atoms with van der Waals surface area (Å²) < 4.78 is 42.0. The number of nitrogens with one attached hydrogen (secondary N) is 1. The van der Waals surface area contributed by atoms with Gasteiger partial charge in [0.05, 0.1) is 17.8 Å². The van der Waals surface area contributed by atoms with Gasteiger partial charge in [0.2, 0.25) is 5.91 Å². The maximum atomic E-state index is 14.5. The number of benzene rings is 3. The number of hydrogen-bond acceptors (Lipinski definition) is 2. The molecule has 0 saturated carbocycles. The number of halogens is 3. The van der Waals surface area contributed by atoms with Gasteiger partial charge in [0.15, 0.2) is 5.54 Å². The van der Waals surface area contributed by atoms with E-state index in [1.165, 1.54) is 54.6 Å².